The van der Waals surface area contributed by atoms with Crippen molar-refractivity contribution in [2.24, 2.45) is 0 Å². The average Bonchev–Trinajstić information content (AvgIpc) is 3.10. The van der Waals surface area contributed by atoms with E-state index >= 15 is 0 Å². The first-order chi connectivity index (χ1) is 7.81. The van der Waals surface area contributed by atoms with Crippen LogP contribution in [0.25, 0.3) is 0 Å². The zero-order chi connectivity index (χ0) is 11.4. The average molecular weight is 216 g/mol. The SMILES string of the molecule is O=C(NC1CC1)c1ccncc1C#CCO. The maximum absolute atomic E-state index is 11.8. The van der Waals surface area contributed by atoms with Crippen molar-refractivity contribution in [1.29, 1.82) is 0 Å². The lowest BCUT2D eigenvalue weighted by Gasteiger charge is -2.04. The highest BCUT2D eigenvalue weighted by atomic mass is 16.2. The lowest BCUT2D eigenvalue weighted by Crippen LogP contribution is -2.26. The largest absolute Gasteiger partial charge is 0.384 e. The summed E-state index contributed by atoms with van der Waals surface area (Å²) in [5.41, 5.74) is 1.07. The lowest BCUT2D eigenvalue weighted by atomic mass is 10.1. The fourth-order valence-corrected chi connectivity index (χ4v) is 1.32. The van der Waals surface area contributed by atoms with Crippen LogP contribution in [0.5, 0.6) is 0 Å². The number of carbonyl (C=O) groups excluding carboxylic acids is 1. The van der Waals surface area contributed by atoms with Gasteiger partial charge in [0.15, 0.2) is 0 Å². The summed E-state index contributed by atoms with van der Waals surface area (Å²) < 4.78 is 0. The van der Waals surface area contributed by atoms with Crippen LogP contribution in [0.4, 0.5) is 0 Å². The van der Waals surface area contributed by atoms with Gasteiger partial charge in [0.1, 0.15) is 6.61 Å². The monoisotopic (exact) mass is 216 g/mol. The van der Waals surface area contributed by atoms with Crippen molar-refractivity contribution in [3.05, 3.63) is 29.6 Å². The molecule has 1 saturated carbocycles. The van der Waals surface area contributed by atoms with Gasteiger partial charge in [-0.1, -0.05) is 11.8 Å². The number of aromatic nitrogens is 1. The Morgan fingerprint density at radius 3 is 3.12 bits per heavy atom. The number of hydrogen-bond acceptors (Lipinski definition) is 3. The van der Waals surface area contributed by atoms with Crippen molar-refractivity contribution in [3.8, 4) is 11.8 Å². The number of nitrogens with one attached hydrogen (secondary N) is 1. The number of nitrogens with zero attached hydrogens (tertiary/aromatic N) is 1. The summed E-state index contributed by atoms with van der Waals surface area (Å²) in [4.78, 5) is 15.7. The molecule has 0 aromatic carbocycles. The first kappa shape index (κ1) is 10.7. The molecule has 0 unspecified atom stereocenters. The smallest absolute Gasteiger partial charge is 0.252 e. The van der Waals surface area contributed by atoms with Gasteiger partial charge in [0.25, 0.3) is 5.91 Å². The van der Waals surface area contributed by atoms with Gasteiger partial charge in [-0.15, -0.1) is 0 Å². The maximum atomic E-state index is 11.8. The van der Waals surface area contributed by atoms with Gasteiger partial charge < -0.3 is 10.4 Å². The molecule has 1 amide bonds. The van der Waals surface area contributed by atoms with Crippen LogP contribution >= 0.6 is 0 Å². The van der Waals surface area contributed by atoms with E-state index in [1.54, 1.807) is 12.3 Å². The Hall–Kier alpha value is -1.86. The predicted molar refractivity (Wildman–Crippen MR) is 58.7 cm³/mol. The molecule has 1 aromatic rings. The molecule has 16 heavy (non-hydrogen) atoms. The van der Waals surface area contributed by atoms with Gasteiger partial charge in [-0.3, -0.25) is 9.78 Å². The molecule has 2 N–H and O–H groups in total. The minimum atomic E-state index is -0.224. The van der Waals surface area contributed by atoms with Crippen molar-refractivity contribution < 1.29 is 9.90 Å². The molecule has 1 fully saturated rings. The van der Waals surface area contributed by atoms with E-state index in [1.807, 2.05) is 0 Å². The van der Waals surface area contributed by atoms with Crippen LogP contribution in [0.1, 0.15) is 28.8 Å². The third-order valence-electron chi connectivity index (χ3n) is 2.28. The molecule has 0 radical (unpaired) electrons. The summed E-state index contributed by atoms with van der Waals surface area (Å²) in [6, 6.07) is 1.96. The van der Waals surface area contributed by atoms with Crippen LogP contribution in [0.15, 0.2) is 18.5 Å². The van der Waals surface area contributed by atoms with Gasteiger partial charge in [-0.25, -0.2) is 0 Å². The molecular formula is C12H12N2O2. The summed E-state index contributed by atoms with van der Waals surface area (Å²) in [6.07, 6.45) is 5.19. The van der Waals surface area contributed by atoms with Crippen molar-refractivity contribution in [3.63, 3.8) is 0 Å². The lowest BCUT2D eigenvalue weighted by molar-refractivity contribution is 0.0950. The van der Waals surface area contributed by atoms with Crippen molar-refractivity contribution >= 4 is 5.91 Å². The summed E-state index contributed by atoms with van der Waals surface area (Å²) in [6.45, 7) is -0.224. The summed E-state index contributed by atoms with van der Waals surface area (Å²) in [7, 11) is 0. The van der Waals surface area contributed by atoms with E-state index in [-0.39, 0.29) is 12.5 Å². The van der Waals surface area contributed by atoms with Crippen molar-refractivity contribution in [1.82, 2.24) is 10.3 Å². The Morgan fingerprint density at radius 2 is 2.44 bits per heavy atom. The van der Waals surface area contributed by atoms with Gasteiger partial charge in [0, 0.05) is 18.4 Å². The van der Waals surface area contributed by atoms with Crippen LogP contribution in [0.2, 0.25) is 0 Å². The van der Waals surface area contributed by atoms with E-state index in [0.717, 1.165) is 12.8 Å². The molecule has 0 saturated heterocycles. The Balaban J connectivity index is 2.20. The molecular weight excluding hydrogens is 204 g/mol. The molecule has 2 rings (SSSR count). The van der Waals surface area contributed by atoms with Gasteiger partial charge in [-0.2, -0.15) is 0 Å². The molecule has 1 aliphatic rings. The number of hydrogen-bond donors (Lipinski definition) is 2. The van der Waals surface area contributed by atoms with Crippen molar-refractivity contribution in [2.75, 3.05) is 6.61 Å². The quantitative estimate of drug-likeness (QED) is 0.700. The summed E-state index contributed by atoms with van der Waals surface area (Å²) >= 11 is 0. The molecule has 0 atom stereocenters. The molecule has 0 bridgehead atoms. The van der Waals surface area contributed by atoms with Crippen LogP contribution in [-0.2, 0) is 0 Å². The topological polar surface area (TPSA) is 62.2 Å². The Kier molecular flexibility index (Phi) is 3.18. The molecule has 1 aliphatic carbocycles. The minimum Gasteiger partial charge on any atom is -0.384 e. The standard InChI is InChI=1S/C12H12N2O2/c15-7-1-2-9-8-13-6-5-11(9)12(16)14-10-3-4-10/h5-6,8,10,15H,3-4,7H2,(H,14,16). The number of amides is 1. The third kappa shape index (κ3) is 2.59. The van der Waals surface area contributed by atoms with E-state index in [0.29, 0.717) is 17.2 Å². The van der Waals surface area contributed by atoms with E-state index in [9.17, 15) is 4.79 Å². The number of rotatable bonds is 2. The van der Waals surface area contributed by atoms with E-state index < -0.39 is 0 Å². The van der Waals surface area contributed by atoms with Crippen molar-refractivity contribution in [2.45, 2.75) is 18.9 Å². The van der Waals surface area contributed by atoms with Gasteiger partial charge >= 0.3 is 0 Å². The van der Waals surface area contributed by atoms with Gasteiger partial charge in [0.2, 0.25) is 0 Å². The normalized spacial score (nSPS) is 13.8. The number of aliphatic hydroxyl groups is 1. The molecule has 1 heterocycles. The van der Waals surface area contributed by atoms with Crippen LogP contribution < -0.4 is 5.32 Å². The maximum Gasteiger partial charge on any atom is 0.252 e. The van der Waals surface area contributed by atoms with Gasteiger partial charge in [0.05, 0.1) is 11.1 Å². The summed E-state index contributed by atoms with van der Waals surface area (Å²) in [5, 5.41) is 11.5. The first-order valence-electron chi connectivity index (χ1n) is 5.16. The predicted octanol–water partition coefficient (Wildman–Crippen LogP) is 0.318. The highest BCUT2D eigenvalue weighted by Crippen LogP contribution is 2.19. The Morgan fingerprint density at radius 1 is 1.62 bits per heavy atom. The fourth-order valence-electron chi connectivity index (χ4n) is 1.32. The summed E-state index contributed by atoms with van der Waals surface area (Å²) in [5.74, 6) is 5.11. The minimum absolute atomic E-state index is 0.118. The highest BCUT2D eigenvalue weighted by Gasteiger charge is 2.24. The molecule has 82 valence electrons. The Labute approximate surface area is 93.7 Å². The van der Waals surface area contributed by atoms with Gasteiger partial charge in [-0.05, 0) is 18.9 Å². The van der Waals surface area contributed by atoms with E-state index in [1.165, 1.54) is 6.20 Å². The second-order valence-corrected chi connectivity index (χ2v) is 3.63. The molecule has 1 aromatic heterocycles. The molecule has 0 aliphatic heterocycles. The molecule has 4 heteroatoms. The zero-order valence-electron chi connectivity index (χ0n) is 8.73. The van der Waals surface area contributed by atoms with E-state index in [4.69, 9.17) is 5.11 Å². The number of aliphatic hydroxyl groups excluding tert-OH is 1. The zero-order valence-corrected chi connectivity index (χ0v) is 8.73. The third-order valence-corrected chi connectivity index (χ3v) is 2.28. The van der Waals surface area contributed by atoms with Crippen LogP contribution in [-0.4, -0.2) is 28.6 Å². The number of carbonyl (C=O) groups is 1. The van der Waals surface area contributed by atoms with Crippen LogP contribution in [0.3, 0.4) is 0 Å². The van der Waals surface area contributed by atoms with E-state index in [2.05, 4.69) is 22.1 Å². The first-order valence-corrected chi connectivity index (χ1v) is 5.16. The van der Waals surface area contributed by atoms with Crippen LogP contribution in [0, 0.1) is 11.8 Å². The number of pyridine rings is 1. The Bertz CT molecular complexity index is 456. The second kappa shape index (κ2) is 4.77. The molecule has 4 nitrogen and oxygen atoms in total. The second-order valence-electron chi connectivity index (χ2n) is 3.63. The highest BCUT2D eigenvalue weighted by molar-refractivity contribution is 5.96. The fraction of sp³-hybridized carbons (Fsp3) is 0.333. The molecule has 0 spiro atoms.